The van der Waals surface area contributed by atoms with Crippen molar-refractivity contribution < 1.29 is 8.78 Å². The van der Waals surface area contributed by atoms with Gasteiger partial charge >= 0.3 is 0 Å². The van der Waals surface area contributed by atoms with Crippen LogP contribution in [0.25, 0.3) is 22.4 Å². The second-order valence-corrected chi connectivity index (χ2v) is 7.15. The van der Waals surface area contributed by atoms with Gasteiger partial charge in [0.1, 0.15) is 5.82 Å². The Morgan fingerprint density at radius 1 is 1.37 bits per heavy atom. The number of aromatic amines is 1. The Morgan fingerprint density at radius 2 is 2.22 bits per heavy atom. The number of anilines is 1. The number of halogens is 2. The molecule has 6 nitrogen and oxygen atoms in total. The number of nitrogens with two attached hydrogens (primary N) is 1. The maximum atomic E-state index is 14.2. The van der Waals surface area contributed by atoms with Gasteiger partial charge in [0.15, 0.2) is 5.65 Å². The molecule has 1 atom stereocenters. The number of nitrogens with one attached hydrogen (secondary N) is 1. The summed E-state index contributed by atoms with van der Waals surface area (Å²) in [6.45, 7) is 3.01. The molecule has 1 fully saturated rings. The molecule has 3 N–H and O–H groups in total. The van der Waals surface area contributed by atoms with Crippen molar-refractivity contribution in [2.24, 2.45) is 11.7 Å². The molecule has 0 bridgehead atoms. The lowest BCUT2D eigenvalue weighted by Gasteiger charge is -2.33. The van der Waals surface area contributed by atoms with E-state index in [9.17, 15) is 8.78 Å². The molecule has 27 heavy (non-hydrogen) atoms. The Bertz CT molecular complexity index is 949. The van der Waals surface area contributed by atoms with E-state index >= 15 is 0 Å². The van der Waals surface area contributed by atoms with Gasteiger partial charge in [-0.05, 0) is 49.6 Å². The Kier molecular flexibility index (Phi) is 4.51. The van der Waals surface area contributed by atoms with Crippen molar-refractivity contribution in [1.82, 2.24) is 20.2 Å². The second kappa shape index (κ2) is 6.84. The summed E-state index contributed by atoms with van der Waals surface area (Å²) in [7, 11) is 0. The third kappa shape index (κ3) is 3.49. The number of hydrogen-bond acceptors (Lipinski definition) is 5. The number of rotatable bonds is 4. The van der Waals surface area contributed by atoms with Crippen LogP contribution in [0.2, 0.25) is 0 Å². The van der Waals surface area contributed by atoms with Crippen LogP contribution in [0.4, 0.5) is 14.6 Å². The number of aromatic nitrogens is 4. The molecule has 0 aliphatic carbocycles. The molecule has 1 saturated heterocycles. The molecule has 4 rings (SSSR count). The Balaban J connectivity index is 1.82. The van der Waals surface area contributed by atoms with Crippen LogP contribution in [0.15, 0.2) is 30.5 Å². The van der Waals surface area contributed by atoms with Crippen molar-refractivity contribution in [3.05, 3.63) is 36.0 Å². The molecule has 0 radical (unpaired) electrons. The summed E-state index contributed by atoms with van der Waals surface area (Å²) in [6.07, 6.45) is 3.67. The summed E-state index contributed by atoms with van der Waals surface area (Å²) in [6, 6.07) is 6.55. The largest absolute Gasteiger partial charge is 0.356 e. The van der Waals surface area contributed by atoms with Gasteiger partial charge in [0.05, 0.1) is 11.4 Å². The summed E-state index contributed by atoms with van der Waals surface area (Å²) in [4.78, 5) is 10.9. The highest BCUT2D eigenvalue weighted by Gasteiger charge is 2.28. The fourth-order valence-corrected chi connectivity index (χ4v) is 3.57. The molecule has 0 amide bonds. The van der Waals surface area contributed by atoms with Gasteiger partial charge in [-0.15, -0.1) is 0 Å². The second-order valence-electron chi connectivity index (χ2n) is 7.15. The van der Waals surface area contributed by atoms with Gasteiger partial charge < -0.3 is 10.6 Å². The number of alkyl halides is 2. The summed E-state index contributed by atoms with van der Waals surface area (Å²) >= 11 is 0. The van der Waals surface area contributed by atoms with E-state index in [1.165, 1.54) is 12.1 Å². The maximum Gasteiger partial charge on any atom is 0.270 e. The lowest BCUT2D eigenvalue weighted by molar-refractivity contribution is 0.0174. The predicted molar refractivity (Wildman–Crippen MR) is 101 cm³/mol. The van der Waals surface area contributed by atoms with E-state index in [4.69, 9.17) is 5.73 Å². The number of fused-ring (bicyclic) bond motifs is 1. The van der Waals surface area contributed by atoms with Gasteiger partial charge in [0.25, 0.3) is 5.92 Å². The minimum Gasteiger partial charge on any atom is -0.356 e. The number of pyridine rings is 2. The van der Waals surface area contributed by atoms with Gasteiger partial charge in [-0.3, -0.25) is 5.10 Å². The average molecular weight is 372 g/mol. The first kappa shape index (κ1) is 17.8. The third-order valence-electron chi connectivity index (χ3n) is 5.08. The van der Waals surface area contributed by atoms with Gasteiger partial charge in [0.2, 0.25) is 0 Å². The molecule has 8 heteroatoms. The van der Waals surface area contributed by atoms with Crippen LogP contribution in [-0.2, 0) is 5.92 Å². The van der Waals surface area contributed by atoms with Crippen LogP contribution in [0, 0.1) is 5.92 Å². The zero-order valence-corrected chi connectivity index (χ0v) is 15.1. The van der Waals surface area contributed by atoms with E-state index in [1.807, 2.05) is 6.07 Å². The summed E-state index contributed by atoms with van der Waals surface area (Å²) in [5, 5.41) is 7.82. The van der Waals surface area contributed by atoms with Crippen molar-refractivity contribution in [1.29, 1.82) is 0 Å². The molecule has 1 aliphatic heterocycles. The fourth-order valence-electron chi connectivity index (χ4n) is 3.57. The SMILES string of the molecule is CC(F)(F)c1cc(-c2[nH]nc3ncccc23)nc(N2CCCC(CN)C2)c1. The van der Waals surface area contributed by atoms with E-state index in [0.717, 1.165) is 38.2 Å². The van der Waals surface area contributed by atoms with Crippen LogP contribution in [0.1, 0.15) is 25.3 Å². The smallest absolute Gasteiger partial charge is 0.270 e. The minimum absolute atomic E-state index is 0.0657. The quantitative estimate of drug-likeness (QED) is 0.734. The van der Waals surface area contributed by atoms with Crippen LogP contribution in [0.5, 0.6) is 0 Å². The predicted octanol–water partition coefficient (Wildman–Crippen LogP) is 3.31. The highest BCUT2D eigenvalue weighted by Crippen LogP contribution is 2.34. The molecular formula is C19H22F2N6. The monoisotopic (exact) mass is 372 g/mol. The summed E-state index contributed by atoms with van der Waals surface area (Å²) < 4.78 is 28.4. The number of hydrogen-bond donors (Lipinski definition) is 2. The van der Waals surface area contributed by atoms with E-state index in [0.29, 0.717) is 35.3 Å². The zero-order valence-electron chi connectivity index (χ0n) is 15.1. The van der Waals surface area contributed by atoms with Gasteiger partial charge in [-0.2, -0.15) is 5.10 Å². The topological polar surface area (TPSA) is 83.7 Å². The molecule has 0 spiro atoms. The lowest BCUT2D eigenvalue weighted by Crippen LogP contribution is -2.39. The van der Waals surface area contributed by atoms with Crippen molar-refractivity contribution in [3.63, 3.8) is 0 Å². The molecule has 3 aromatic rings. The number of nitrogens with zero attached hydrogens (tertiary/aromatic N) is 4. The van der Waals surface area contributed by atoms with Crippen molar-refractivity contribution >= 4 is 16.9 Å². The average Bonchev–Trinajstić information content (AvgIpc) is 3.11. The van der Waals surface area contributed by atoms with Gasteiger partial charge in [-0.1, -0.05) is 0 Å². The van der Waals surface area contributed by atoms with Crippen molar-refractivity contribution in [2.45, 2.75) is 25.7 Å². The Morgan fingerprint density at radius 3 is 3.00 bits per heavy atom. The molecular weight excluding hydrogens is 350 g/mol. The first-order valence-corrected chi connectivity index (χ1v) is 9.10. The molecule has 3 aromatic heterocycles. The highest BCUT2D eigenvalue weighted by molar-refractivity contribution is 5.89. The van der Waals surface area contributed by atoms with E-state index in [2.05, 4.69) is 25.1 Å². The first-order valence-electron chi connectivity index (χ1n) is 9.10. The summed E-state index contributed by atoms with van der Waals surface area (Å²) in [5.74, 6) is -2.07. The molecule has 142 valence electrons. The lowest BCUT2D eigenvalue weighted by atomic mass is 9.98. The Hall–Kier alpha value is -2.61. The molecule has 0 saturated carbocycles. The first-order chi connectivity index (χ1) is 13.0. The summed E-state index contributed by atoms with van der Waals surface area (Å²) in [5.41, 5.74) is 7.33. The van der Waals surface area contributed by atoms with Crippen LogP contribution >= 0.6 is 0 Å². The minimum atomic E-state index is -2.97. The van der Waals surface area contributed by atoms with E-state index < -0.39 is 5.92 Å². The molecule has 0 aromatic carbocycles. The maximum absolute atomic E-state index is 14.2. The van der Waals surface area contributed by atoms with Crippen LogP contribution < -0.4 is 10.6 Å². The molecule has 1 aliphatic rings. The van der Waals surface area contributed by atoms with Crippen molar-refractivity contribution in [2.75, 3.05) is 24.5 Å². The normalized spacial score (nSPS) is 18.2. The van der Waals surface area contributed by atoms with Gasteiger partial charge in [0, 0.05) is 37.2 Å². The highest BCUT2D eigenvalue weighted by atomic mass is 19.3. The zero-order chi connectivity index (χ0) is 19.0. The van der Waals surface area contributed by atoms with Crippen LogP contribution in [0.3, 0.4) is 0 Å². The fraction of sp³-hybridized carbons (Fsp3) is 0.421. The van der Waals surface area contributed by atoms with E-state index in [1.54, 1.807) is 12.3 Å². The van der Waals surface area contributed by atoms with Crippen LogP contribution in [-0.4, -0.2) is 39.8 Å². The van der Waals surface area contributed by atoms with Crippen molar-refractivity contribution in [3.8, 4) is 11.4 Å². The third-order valence-corrected chi connectivity index (χ3v) is 5.08. The molecule has 1 unspecified atom stereocenters. The molecule has 4 heterocycles. The number of piperidine rings is 1. The van der Waals surface area contributed by atoms with E-state index in [-0.39, 0.29) is 5.56 Å². The Labute approximate surface area is 155 Å². The standard InChI is InChI=1S/C19H22F2N6/c1-19(20,21)13-8-15(17-14-5-2-6-23-18(14)26-25-17)24-16(9-13)27-7-3-4-12(10-22)11-27/h2,5-6,8-9,12H,3-4,7,10-11,22H2,1H3,(H,23,25,26). The number of H-pyrrole nitrogens is 1. The van der Waals surface area contributed by atoms with Gasteiger partial charge in [-0.25, -0.2) is 18.7 Å².